The first-order valence-corrected chi connectivity index (χ1v) is 8.68. The number of nitrogens with zero attached hydrogens (tertiary/aromatic N) is 4. The first kappa shape index (κ1) is 13.7. The fraction of sp³-hybridized carbons (Fsp3) is 0.438. The molecule has 6 heteroatoms. The molecular formula is C16H20N5S+. The van der Waals surface area contributed by atoms with E-state index in [9.17, 15) is 0 Å². The highest BCUT2D eigenvalue weighted by Crippen LogP contribution is 2.36. The zero-order chi connectivity index (χ0) is 14.9. The van der Waals surface area contributed by atoms with E-state index in [1.807, 2.05) is 36.4 Å². The van der Waals surface area contributed by atoms with Crippen molar-refractivity contribution < 1.29 is 4.57 Å². The fourth-order valence-electron chi connectivity index (χ4n) is 3.26. The van der Waals surface area contributed by atoms with Gasteiger partial charge in [-0.25, -0.2) is 9.55 Å². The second-order valence-corrected chi connectivity index (χ2v) is 6.95. The molecule has 1 aliphatic carbocycles. The van der Waals surface area contributed by atoms with Crippen LogP contribution in [0.15, 0.2) is 25.0 Å². The van der Waals surface area contributed by atoms with Crippen molar-refractivity contribution in [2.24, 2.45) is 0 Å². The predicted molar refractivity (Wildman–Crippen MR) is 87.7 cm³/mol. The predicted octanol–water partition coefficient (Wildman–Crippen LogP) is 2.33. The van der Waals surface area contributed by atoms with Crippen molar-refractivity contribution in [2.75, 3.05) is 5.73 Å². The highest BCUT2D eigenvalue weighted by atomic mass is 32.1. The summed E-state index contributed by atoms with van der Waals surface area (Å²) in [6, 6.07) is 0. The summed E-state index contributed by atoms with van der Waals surface area (Å²) in [6.45, 7) is 1.84. The number of nitrogens with two attached hydrogens (primary N) is 1. The maximum Gasteiger partial charge on any atom is 0.231 e. The quantitative estimate of drug-likeness (QED) is 0.752. The summed E-state index contributed by atoms with van der Waals surface area (Å²) in [5, 5.41) is 1.21. The zero-order valence-corrected chi connectivity index (χ0v) is 13.4. The van der Waals surface area contributed by atoms with Crippen LogP contribution in [0.5, 0.6) is 0 Å². The summed E-state index contributed by atoms with van der Waals surface area (Å²) >= 11 is 1.83. The van der Waals surface area contributed by atoms with Crippen molar-refractivity contribution in [2.45, 2.75) is 45.2 Å². The molecule has 4 rings (SSSR count). The second-order valence-electron chi connectivity index (χ2n) is 5.87. The number of hydrogen-bond donors (Lipinski definition) is 1. The summed E-state index contributed by atoms with van der Waals surface area (Å²) in [4.78, 5) is 11.3. The van der Waals surface area contributed by atoms with Crippen LogP contribution in [0.25, 0.3) is 10.2 Å². The Balaban J connectivity index is 1.60. The van der Waals surface area contributed by atoms with Gasteiger partial charge in [0.2, 0.25) is 17.0 Å². The van der Waals surface area contributed by atoms with Crippen LogP contribution in [-0.4, -0.2) is 14.5 Å². The van der Waals surface area contributed by atoms with Crippen molar-refractivity contribution in [1.29, 1.82) is 0 Å². The summed E-state index contributed by atoms with van der Waals surface area (Å²) in [6.07, 6.45) is 13.5. The number of fused-ring (bicyclic) bond motifs is 3. The Morgan fingerprint density at radius 2 is 2.23 bits per heavy atom. The molecule has 3 aromatic rings. The Bertz CT molecular complexity index is 791. The van der Waals surface area contributed by atoms with E-state index in [0.29, 0.717) is 0 Å². The van der Waals surface area contributed by atoms with Gasteiger partial charge in [-0.3, -0.25) is 0 Å². The number of imidazole rings is 1. The number of aryl methyl sites for hydroxylation is 4. The zero-order valence-electron chi connectivity index (χ0n) is 12.5. The summed E-state index contributed by atoms with van der Waals surface area (Å²) in [5.74, 6) is 0.884. The molecule has 3 heterocycles. The van der Waals surface area contributed by atoms with Crippen LogP contribution in [0.4, 0.5) is 5.82 Å². The fourth-order valence-corrected chi connectivity index (χ4v) is 4.49. The van der Waals surface area contributed by atoms with Gasteiger partial charge in [0.15, 0.2) is 0 Å². The third kappa shape index (κ3) is 2.37. The number of hydrogen-bond acceptors (Lipinski definition) is 4. The van der Waals surface area contributed by atoms with Crippen LogP contribution >= 0.6 is 11.3 Å². The minimum atomic E-state index is 0.884. The Hall–Kier alpha value is -1.95. The maximum atomic E-state index is 6.46. The van der Waals surface area contributed by atoms with E-state index in [1.165, 1.54) is 35.1 Å². The number of rotatable bonds is 4. The third-order valence-corrected chi connectivity index (χ3v) is 5.61. The van der Waals surface area contributed by atoms with Gasteiger partial charge in [-0.1, -0.05) is 4.98 Å². The van der Waals surface area contributed by atoms with E-state index in [4.69, 9.17) is 5.73 Å². The van der Waals surface area contributed by atoms with Crippen LogP contribution in [0, 0.1) is 0 Å². The summed E-state index contributed by atoms with van der Waals surface area (Å²) in [5.41, 5.74) is 7.92. The van der Waals surface area contributed by atoms with Gasteiger partial charge in [0.25, 0.3) is 0 Å². The molecule has 0 unspecified atom stereocenters. The second kappa shape index (κ2) is 5.68. The van der Waals surface area contributed by atoms with Gasteiger partial charge in [0.05, 0.1) is 12.9 Å². The molecule has 0 spiro atoms. The lowest BCUT2D eigenvalue weighted by Crippen LogP contribution is -2.38. The van der Waals surface area contributed by atoms with Gasteiger partial charge in [-0.15, -0.1) is 11.3 Å². The highest BCUT2D eigenvalue weighted by molar-refractivity contribution is 7.18. The Morgan fingerprint density at radius 1 is 1.32 bits per heavy atom. The normalized spacial score (nSPS) is 14.4. The number of anilines is 1. The molecule has 22 heavy (non-hydrogen) atoms. The molecule has 0 saturated heterocycles. The molecule has 0 aliphatic heterocycles. The Morgan fingerprint density at radius 3 is 3.09 bits per heavy atom. The van der Waals surface area contributed by atoms with E-state index in [0.717, 1.165) is 36.6 Å². The largest absolute Gasteiger partial charge is 0.337 e. The molecular weight excluding hydrogens is 294 g/mol. The van der Waals surface area contributed by atoms with E-state index < -0.39 is 0 Å². The molecule has 0 saturated carbocycles. The Labute approximate surface area is 133 Å². The number of nitrogen functional groups attached to an aromatic ring is 1. The van der Waals surface area contributed by atoms with Gasteiger partial charge in [0.1, 0.15) is 5.39 Å². The third-order valence-electron chi connectivity index (χ3n) is 4.41. The van der Waals surface area contributed by atoms with E-state index in [1.54, 1.807) is 0 Å². The van der Waals surface area contributed by atoms with Crippen molar-refractivity contribution in [3.63, 3.8) is 0 Å². The molecule has 114 valence electrons. The van der Waals surface area contributed by atoms with Gasteiger partial charge >= 0.3 is 0 Å². The van der Waals surface area contributed by atoms with Crippen molar-refractivity contribution in [1.82, 2.24) is 14.5 Å². The van der Waals surface area contributed by atoms with Crippen LogP contribution in [0.1, 0.15) is 29.7 Å². The lowest BCUT2D eigenvalue weighted by atomic mass is 9.97. The topological polar surface area (TPSA) is 60.6 Å². The van der Waals surface area contributed by atoms with E-state index >= 15 is 0 Å². The van der Waals surface area contributed by atoms with Crippen molar-refractivity contribution >= 4 is 27.4 Å². The van der Waals surface area contributed by atoms with Gasteiger partial charge in [0, 0.05) is 23.8 Å². The maximum absolute atomic E-state index is 6.46. The molecule has 3 aromatic heterocycles. The van der Waals surface area contributed by atoms with Gasteiger partial charge in [-0.2, -0.15) is 0 Å². The molecule has 0 atom stereocenters. The molecule has 2 N–H and O–H groups in total. The highest BCUT2D eigenvalue weighted by Gasteiger charge is 2.23. The first-order valence-electron chi connectivity index (χ1n) is 7.87. The molecule has 0 aromatic carbocycles. The van der Waals surface area contributed by atoms with Crippen LogP contribution in [-0.2, 0) is 25.9 Å². The molecule has 0 bridgehead atoms. The monoisotopic (exact) mass is 314 g/mol. The summed E-state index contributed by atoms with van der Waals surface area (Å²) in [7, 11) is 0. The van der Waals surface area contributed by atoms with Crippen LogP contribution < -0.4 is 10.3 Å². The average molecular weight is 314 g/mol. The molecule has 0 fully saturated rings. The first-order chi connectivity index (χ1) is 10.8. The minimum absolute atomic E-state index is 0.884. The number of thiophene rings is 1. The molecule has 5 nitrogen and oxygen atoms in total. The number of aromatic nitrogens is 4. The van der Waals surface area contributed by atoms with E-state index in [-0.39, 0.29) is 0 Å². The molecule has 1 aliphatic rings. The lowest BCUT2D eigenvalue weighted by Gasteiger charge is -2.11. The van der Waals surface area contributed by atoms with Crippen molar-refractivity contribution in [3.05, 3.63) is 35.5 Å². The average Bonchev–Trinajstić information content (AvgIpc) is 3.16. The standard InChI is InChI=1S/C16H19N5S/c17-15-14-12-4-1-2-5-13(12)22-16(14)19-11-21(15)8-3-7-20-9-6-18-10-20/h6,9-11,17H,1-5,7-8H2/p+1. The SMILES string of the molecule is Nc1c2c3c(sc2nc[n+]1CCCn1ccnc1)CCCC3. The smallest absolute Gasteiger partial charge is 0.231 e. The lowest BCUT2D eigenvalue weighted by molar-refractivity contribution is -0.685. The minimum Gasteiger partial charge on any atom is -0.337 e. The van der Waals surface area contributed by atoms with Gasteiger partial charge < -0.3 is 10.3 Å². The van der Waals surface area contributed by atoms with Crippen LogP contribution in [0.3, 0.4) is 0 Å². The van der Waals surface area contributed by atoms with Gasteiger partial charge in [-0.05, 0) is 37.7 Å². The van der Waals surface area contributed by atoms with Crippen LogP contribution in [0.2, 0.25) is 0 Å². The molecule has 0 amide bonds. The summed E-state index contributed by atoms with van der Waals surface area (Å²) < 4.78 is 4.19. The van der Waals surface area contributed by atoms with E-state index in [2.05, 4.69) is 19.1 Å². The molecule has 0 radical (unpaired) electrons. The Kier molecular flexibility index (Phi) is 3.54. The van der Waals surface area contributed by atoms with Crippen molar-refractivity contribution in [3.8, 4) is 0 Å².